The Labute approximate surface area is 178 Å². The van der Waals surface area contributed by atoms with Gasteiger partial charge in [0.1, 0.15) is 17.1 Å². The lowest BCUT2D eigenvalue weighted by Gasteiger charge is -2.43. The van der Waals surface area contributed by atoms with Crippen LogP contribution in [-0.4, -0.2) is 52.8 Å². The van der Waals surface area contributed by atoms with E-state index in [0.717, 1.165) is 5.69 Å². The maximum absolute atomic E-state index is 12.7. The second kappa shape index (κ2) is 8.06. The van der Waals surface area contributed by atoms with E-state index in [1.54, 1.807) is 30.0 Å². The zero-order valence-electron chi connectivity index (χ0n) is 16.9. The fourth-order valence-electron chi connectivity index (χ4n) is 3.79. The van der Waals surface area contributed by atoms with E-state index < -0.39 is 5.60 Å². The molecule has 9 heteroatoms. The van der Waals surface area contributed by atoms with Crippen molar-refractivity contribution >= 4 is 34.1 Å². The Kier molecular flexibility index (Phi) is 5.46. The van der Waals surface area contributed by atoms with E-state index >= 15 is 0 Å². The first-order chi connectivity index (χ1) is 14.3. The number of nitrogens with zero attached hydrogens (tertiary/aromatic N) is 2. The minimum Gasteiger partial charge on any atom is -0.486 e. The maximum atomic E-state index is 12.7. The van der Waals surface area contributed by atoms with Crippen molar-refractivity contribution in [2.24, 2.45) is 0 Å². The normalized spacial score (nSPS) is 17.3. The number of rotatable bonds is 4. The Morgan fingerprint density at radius 3 is 2.77 bits per heavy atom. The van der Waals surface area contributed by atoms with Crippen LogP contribution in [0.15, 0.2) is 23.6 Å². The van der Waals surface area contributed by atoms with E-state index in [4.69, 9.17) is 9.47 Å². The van der Waals surface area contributed by atoms with Gasteiger partial charge in [0.15, 0.2) is 17.5 Å². The number of benzene rings is 1. The van der Waals surface area contributed by atoms with Crippen molar-refractivity contribution < 1.29 is 23.9 Å². The lowest BCUT2D eigenvalue weighted by atomic mass is 9.82. The lowest BCUT2D eigenvalue weighted by Crippen LogP contribution is -2.51. The molecule has 1 aromatic carbocycles. The Morgan fingerprint density at radius 1 is 1.33 bits per heavy atom. The van der Waals surface area contributed by atoms with Crippen molar-refractivity contribution in [2.75, 3.05) is 25.0 Å². The number of ether oxygens (including phenoxy) is 2. The van der Waals surface area contributed by atoms with Crippen LogP contribution in [0.1, 0.15) is 42.2 Å². The summed E-state index contributed by atoms with van der Waals surface area (Å²) in [7, 11) is 0. The van der Waals surface area contributed by atoms with Crippen molar-refractivity contribution in [1.82, 2.24) is 9.88 Å². The fourth-order valence-corrected chi connectivity index (χ4v) is 4.49. The number of thiazole rings is 1. The summed E-state index contributed by atoms with van der Waals surface area (Å²) in [5, 5.41) is 5.07. The van der Waals surface area contributed by atoms with Crippen LogP contribution in [0.4, 0.5) is 5.13 Å². The smallest absolute Gasteiger partial charge is 0.264 e. The molecule has 1 spiro atoms. The molecule has 2 amide bonds. The van der Waals surface area contributed by atoms with Gasteiger partial charge >= 0.3 is 0 Å². The standard InChI is InChI=1S/C21H23N3O5S/c1-13-12-30-20(22-13)23-19(27)11-28-15-3-4-16-17(26)10-21(29-18(16)9-15)5-7-24(8-6-21)14(2)25/h3-4,9,12H,5-8,10-11H2,1-2H3,(H,22,23,27). The number of aryl methyl sites for hydroxylation is 1. The number of carbonyl (C=O) groups excluding carboxylic acids is 3. The van der Waals surface area contributed by atoms with Crippen LogP contribution >= 0.6 is 11.3 Å². The van der Waals surface area contributed by atoms with Crippen molar-refractivity contribution in [1.29, 1.82) is 0 Å². The highest BCUT2D eigenvalue weighted by Gasteiger charge is 2.43. The fraction of sp³-hybridized carbons (Fsp3) is 0.429. The molecular weight excluding hydrogens is 406 g/mol. The number of carbonyl (C=O) groups is 3. The minimum atomic E-state index is -0.589. The Morgan fingerprint density at radius 2 is 2.10 bits per heavy atom. The molecule has 0 saturated carbocycles. The first kappa shape index (κ1) is 20.3. The lowest BCUT2D eigenvalue weighted by molar-refractivity contribution is -0.132. The van der Waals surface area contributed by atoms with Crippen molar-refractivity contribution in [3.8, 4) is 11.5 Å². The van der Waals surface area contributed by atoms with Crippen LogP contribution in [0.5, 0.6) is 11.5 Å². The van der Waals surface area contributed by atoms with Gasteiger partial charge in [-0.05, 0) is 19.1 Å². The number of Topliss-reactive ketones (excluding diaryl/α,β-unsaturated/α-hetero) is 1. The predicted octanol–water partition coefficient (Wildman–Crippen LogP) is 2.82. The molecule has 0 atom stereocenters. The highest BCUT2D eigenvalue weighted by molar-refractivity contribution is 7.13. The summed E-state index contributed by atoms with van der Waals surface area (Å²) in [6, 6.07) is 5.00. The van der Waals surface area contributed by atoms with Crippen LogP contribution in [0.3, 0.4) is 0 Å². The largest absolute Gasteiger partial charge is 0.486 e. The molecule has 1 fully saturated rings. The summed E-state index contributed by atoms with van der Waals surface area (Å²) in [6.07, 6.45) is 1.53. The SMILES string of the molecule is CC(=O)N1CCC2(CC1)CC(=O)c1ccc(OCC(=O)Nc3nc(C)cs3)cc1O2. The van der Waals surface area contributed by atoms with Crippen LogP contribution in [0, 0.1) is 6.92 Å². The van der Waals surface area contributed by atoms with E-state index in [2.05, 4.69) is 10.3 Å². The highest BCUT2D eigenvalue weighted by atomic mass is 32.1. The number of hydrogen-bond acceptors (Lipinski definition) is 7. The number of piperidine rings is 1. The van der Waals surface area contributed by atoms with Crippen LogP contribution in [0.2, 0.25) is 0 Å². The second-order valence-electron chi connectivity index (χ2n) is 7.68. The molecule has 0 unspecified atom stereocenters. The summed E-state index contributed by atoms with van der Waals surface area (Å²) in [5.41, 5.74) is 0.773. The number of fused-ring (bicyclic) bond motifs is 1. The summed E-state index contributed by atoms with van der Waals surface area (Å²) >= 11 is 1.35. The predicted molar refractivity (Wildman–Crippen MR) is 111 cm³/mol. The van der Waals surface area contributed by atoms with Gasteiger partial charge in [-0.1, -0.05) is 0 Å². The highest BCUT2D eigenvalue weighted by Crippen LogP contribution is 2.40. The number of aromatic nitrogens is 1. The Bertz CT molecular complexity index is 994. The molecule has 1 N–H and O–H groups in total. The summed E-state index contributed by atoms with van der Waals surface area (Å²) in [5.74, 6) is 0.665. The molecule has 2 aliphatic heterocycles. The average Bonchev–Trinajstić information content (AvgIpc) is 3.11. The molecule has 1 saturated heterocycles. The molecule has 0 aliphatic carbocycles. The van der Waals surface area contributed by atoms with Crippen LogP contribution in [0.25, 0.3) is 0 Å². The molecular formula is C21H23N3O5S. The maximum Gasteiger partial charge on any atom is 0.264 e. The van der Waals surface area contributed by atoms with Gasteiger partial charge in [-0.25, -0.2) is 4.98 Å². The molecule has 0 bridgehead atoms. The van der Waals surface area contributed by atoms with Crippen molar-refractivity contribution in [3.05, 3.63) is 34.8 Å². The number of nitrogens with one attached hydrogen (secondary N) is 1. The second-order valence-corrected chi connectivity index (χ2v) is 8.54. The van der Waals surface area contributed by atoms with Crippen molar-refractivity contribution in [3.63, 3.8) is 0 Å². The van der Waals surface area contributed by atoms with E-state index in [1.165, 1.54) is 11.3 Å². The summed E-state index contributed by atoms with van der Waals surface area (Å²) in [6.45, 7) is 4.38. The van der Waals surface area contributed by atoms with Gasteiger partial charge in [0.05, 0.1) is 17.7 Å². The molecule has 4 rings (SSSR count). The minimum absolute atomic E-state index is 0.0240. The third-order valence-electron chi connectivity index (χ3n) is 5.42. The Hall–Kier alpha value is -2.94. The summed E-state index contributed by atoms with van der Waals surface area (Å²) < 4.78 is 11.9. The van der Waals surface area contributed by atoms with Crippen LogP contribution in [-0.2, 0) is 9.59 Å². The molecule has 8 nitrogen and oxygen atoms in total. The zero-order valence-corrected chi connectivity index (χ0v) is 17.7. The van der Waals surface area contributed by atoms with E-state index in [0.29, 0.717) is 54.5 Å². The molecule has 1 aromatic heterocycles. The third kappa shape index (κ3) is 4.30. The van der Waals surface area contributed by atoms with Gasteiger partial charge in [-0.15, -0.1) is 11.3 Å². The third-order valence-corrected chi connectivity index (χ3v) is 6.29. The van der Waals surface area contributed by atoms with Crippen molar-refractivity contribution in [2.45, 2.75) is 38.7 Å². The molecule has 2 aliphatic rings. The van der Waals surface area contributed by atoms with Gasteiger partial charge in [0.2, 0.25) is 5.91 Å². The first-order valence-corrected chi connectivity index (χ1v) is 10.7. The van der Waals surface area contributed by atoms with Crippen LogP contribution < -0.4 is 14.8 Å². The number of likely N-dealkylation sites (tertiary alicyclic amines) is 1. The number of anilines is 1. The molecule has 158 valence electrons. The van der Waals surface area contributed by atoms with Gasteiger partial charge in [0, 0.05) is 44.3 Å². The van der Waals surface area contributed by atoms with Gasteiger partial charge in [0.25, 0.3) is 5.91 Å². The number of ketones is 1. The van der Waals surface area contributed by atoms with Gasteiger partial charge in [-0.3, -0.25) is 19.7 Å². The molecule has 2 aromatic rings. The zero-order chi connectivity index (χ0) is 21.3. The average molecular weight is 429 g/mol. The van der Waals surface area contributed by atoms with Gasteiger partial charge < -0.3 is 14.4 Å². The summed E-state index contributed by atoms with van der Waals surface area (Å²) in [4.78, 5) is 42.3. The van der Waals surface area contributed by atoms with E-state index in [9.17, 15) is 14.4 Å². The first-order valence-electron chi connectivity index (χ1n) is 9.80. The topological polar surface area (TPSA) is 97.8 Å². The van der Waals surface area contributed by atoms with Gasteiger partial charge in [-0.2, -0.15) is 0 Å². The van der Waals surface area contributed by atoms with E-state index in [1.807, 2.05) is 12.3 Å². The quantitative estimate of drug-likeness (QED) is 0.803. The molecule has 30 heavy (non-hydrogen) atoms. The van der Waals surface area contributed by atoms with E-state index in [-0.39, 0.29) is 24.2 Å². The molecule has 3 heterocycles. The molecule has 0 radical (unpaired) electrons. The monoisotopic (exact) mass is 429 g/mol. The number of hydrogen-bond donors (Lipinski definition) is 1. The Balaban J connectivity index is 1.41. The number of amides is 2.